The van der Waals surface area contributed by atoms with Crippen molar-refractivity contribution in [2.75, 3.05) is 7.11 Å². The van der Waals surface area contributed by atoms with E-state index in [1.54, 1.807) is 0 Å². The average molecular weight is 300 g/mol. The number of carbonyl (C=O) groups excluding carboxylic acids is 1. The maximum atomic E-state index is 12.2. The number of halogens is 4. The maximum absolute atomic E-state index is 12.2. The highest BCUT2D eigenvalue weighted by Gasteiger charge is 2.33. The summed E-state index contributed by atoms with van der Waals surface area (Å²) in [5.41, 5.74) is -1.11. The van der Waals surface area contributed by atoms with Gasteiger partial charge in [0.25, 0.3) is 5.56 Å². The summed E-state index contributed by atoms with van der Waals surface area (Å²) < 4.78 is 44.7. The van der Waals surface area contributed by atoms with Crippen LogP contribution in [0.2, 0.25) is 0 Å². The molecule has 1 heterocycles. The van der Waals surface area contributed by atoms with Gasteiger partial charge < -0.3 is 14.5 Å². The third kappa shape index (κ3) is 4.16. The molecule has 0 saturated carbocycles. The molecule has 0 fully saturated rings. The maximum Gasteiger partial charge on any atom is 0.573 e. The van der Waals surface area contributed by atoms with Crippen molar-refractivity contribution in [3.05, 3.63) is 27.7 Å². The van der Waals surface area contributed by atoms with Gasteiger partial charge in [-0.3, -0.25) is 9.59 Å². The van der Waals surface area contributed by atoms with Gasteiger partial charge in [0.05, 0.1) is 19.4 Å². The van der Waals surface area contributed by atoms with Gasteiger partial charge in [0.2, 0.25) is 0 Å². The second kappa shape index (κ2) is 5.96. The number of rotatable bonds is 4. The van der Waals surface area contributed by atoms with E-state index in [4.69, 9.17) is 11.6 Å². The molecule has 0 radical (unpaired) electrons. The van der Waals surface area contributed by atoms with Crippen LogP contribution in [0.5, 0.6) is 5.75 Å². The van der Waals surface area contributed by atoms with Crippen molar-refractivity contribution in [2.45, 2.75) is 18.7 Å². The Labute approximate surface area is 110 Å². The lowest BCUT2D eigenvalue weighted by Crippen LogP contribution is -2.23. The van der Waals surface area contributed by atoms with Gasteiger partial charge in [-0.2, -0.15) is 0 Å². The number of carbonyl (C=O) groups is 1. The first-order valence-corrected chi connectivity index (χ1v) is 5.44. The molecule has 9 heteroatoms. The van der Waals surface area contributed by atoms with E-state index in [9.17, 15) is 22.8 Å². The first kappa shape index (κ1) is 15.4. The summed E-state index contributed by atoms with van der Waals surface area (Å²) in [6, 6.07) is 0. The van der Waals surface area contributed by atoms with Gasteiger partial charge in [-0.25, -0.2) is 0 Å². The fraction of sp³-hybridized carbons (Fsp3) is 0.400. The van der Waals surface area contributed by atoms with Crippen molar-refractivity contribution in [3.8, 4) is 5.75 Å². The normalized spacial score (nSPS) is 11.2. The Morgan fingerprint density at radius 3 is 2.53 bits per heavy atom. The number of pyridine rings is 1. The molecule has 106 valence electrons. The third-order valence-electron chi connectivity index (χ3n) is 2.18. The molecule has 1 rings (SSSR count). The Hall–Kier alpha value is -1.70. The summed E-state index contributed by atoms with van der Waals surface area (Å²) in [5.74, 6) is -1.87. The van der Waals surface area contributed by atoms with E-state index >= 15 is 0 Å². The van der Waals surface area contributed by atoms with E-state index in [1.165, 1.54) is 0 Å². The summed E-state index contributed by atoms with van der Waals surface area (Å²) in [4.78, 5) is 24.7. The second-order valence-electron chi connectivity index (χ2n) is 3.37. The predicted molar refractivity (Wildman–Crippen MR) is 59.0 cm³/mol. The zero-order valence-electron chi connectivity index (χ0n) is 9.64. The fourth-order valence-corrected chi connectivity index (χ4v) is 1.64. The van der Waals surface area contributed by atoms with Crippen LogP contribution >= 0.6 is 11.6 Å². The number of hydrogen-bond donors (Lipinski definition) is 1. The zero-order valence-corrected chi connectivity index (χ0v) is 10.4. The van der Waals surface area contributed by atoms with Crippen molar-refractivity contribution < 1.29 is 27.4 Å². The molecule has 1 N–H and O–H groups in total. The minimum atomic E-state index is -4.95. The molecule has 0 bridgehead atoms. The molecule has 5 nitrogen and oxygen atoms in total. The van der Waals surface area contributed by atoms with E-state index < -0.39 is 30.1 Å². The molecule has 1 aromatic rings. The van der Waals surface area contributed by atoms with Crippen LogP contribution in [0.3, 0.4) is 0 Å². The zero-order chi connectivity index (χ0) is 14.6. The summed E-state index contributed by atoms with van der Waals surface area (Å²) in [6.07, 6.45) is -4.77. The number of esters is 1. The molecule has 0 aromatic carbocycles. The molecular weight excluding hydrogens is 291 g/mol. The van der Waals surface area contributed by atoms with Gasteiger partial charge in [0.1, 0.15) is 5.75 Å². The monoisotopic (exact) mass is 299 g/mol. The Morgan fingerprint density at radius 2 is 2.05 bits per heavy atom. The molecule has 0 unspecified atom stereocenters. The number of aromatic nitrogens is 1. The predicted octanol–water partition coefficient (Wildman–Crippen LogP) is 1.73. The van der Waals surface area contributed by atoms with Crippen molar-refractivity contribution in [2.24, 2.45) is 0 Å². The molecule has 0 aliphatic heterocycles. The van der Waals surface area contributed by atoms with Crippen LogP contribution in [0.25, 0.3) is 0 Å². The van der Waals surface area contributed by atoms with Crippen molar-refractivity contribution in [1.82, 2.24) is 4.98 Å². The summed E-state index contributed by atoms with van der Waals surface area (Å²) >= 11 is 5.50. The summed E-state index contributed by atoms with van der Waals surface area (Å²) in [7, 11) is 1.07. The molecule has 0 aliphatic rings. The van der Waals surface area contributed by atoms with Crippen molar-refractivity contribution in [3.63, 3.8) is 0 Å². The number of alkyl halides is 4. The van der Waals surface area contributed by atoms with Crippen molar-refractivity contribution >= 4 is 17.6 Å². The molecule has 0 aliphatic carbocycles. The average Bonchev–Trinajstić information content (AvgIpc) is 2.31. The summed E-state index contributed by atoms with van der Waals surface area (Å²) in [6.45, 7) is 0. The SMILES string of the molecule is COC(=O)Cc1c(OC(F)(F)F)c[nH]c(=O)c1CCl. The number of aromatic amines is 1. The van der Waals surface area contributed by atoms with Crippen LogP contribution in [0.4, 0.5) is 13.2 Å². The molecule has 0 atom stereocenters. The Bertz CT molecular complexity index is 526. The number of ether oxygens (including phenoxy) is 2. The largest absolute Gasteiger partial charge is 0.573 e. The molecule has 0 saturated heterocycles. The van der Waals surface area contributed by atoms with Gasteiger partial charge >= 0.3 is 12.3 Å². The molecule has 0 amide bonds. The Kier molecular flexibility index (Phi) is 4.82. The smallest absolute Gasteiger partial charge is 0.469 e. The van der Waals surface area contributed by atoms with E-state index in [0.717, 1.165) is 13.3 Å². The number of hydrogen-bond acceptors (Lipinski definition) is 4. The summed E-state index contributed by atoms with van der Waals surface area (Å²) in [5, 5.41) is 0. The first-order chi connectivity index (χ1) is 8.78. The van der Waals surface area contributed by atoms with Gasteiger partial charge in [-0.1, -0.05) is 0 Å². The number of H-pyrrole nitrogens is 1. The lowest BCUT2D eigenvalue weighted by atomic mass is 10.1. The van der Waals surface area contributed by atoms with Gasteiger partial charge in [0.15, 0.2) is 0 Å². The van der Waals surface area contributed by atoms with E-state index in [1.807, 2.05) is 0 Å². The third-order valence-corrected chi connectivity index (χ3v) is 2.45. The second-order valence-corrected chi connectivity index (χ2v) is 3.64. The van der Waals surface area contributed by atoms with Crippen LogP contribution in [-0.2, 0) is 21.8 Å². The van der Waals surface area contributed by atoms with Gasteiger partial charge in [0, 0.05) is 17.3 Å². The first-order valence-electron chi connectivity index (χ1n) is 4.90. The number of methoxy groups -OCH3 is 1. The van der Waals surface area contributed by atoms with Crippen LogP contribution < -0.4 is 10.3 Å². The van der Waals surface area contributed by atoms with E-state index in [2.05, 4.69) is 14.5 Å². The van der Waals surface area contributed by atoms with Crippen LogP contribution in [0.15, 0.2) is 11.0 Å². The Balaban J connectivity index is 3.29. The minimum Gasteiger partial charge on any atom is -0.469 e. The van der Waals surface area contributed by atoms with Crippen LogP contribution in [0.1, 0.15) is 11.1 Å². The highest BCUT2D eigenvalue weighted by molar-refractivity contribution is 6.17. The van der Waals surface area contributed by atoms with Crippen LogP contribution in [-0.4, -0.2) is 24.4 Å². The number of nitrogens with one attached hydrogen (secondary N) is 1. The highest BCUT2D eigenvalue weighted by Crippen LogP contribution is 2.27. The van der Waals surface area contributed by atoms with Crippen LogP contribution in [0, 0.1) is 0 Å². The standard InChI is InChI=1S/C10H9ClF3NO4/c1-18-8(16)2-5-6(3-11)9(17)15-4-7(5)19-10(12,13)14/h4H,2-3H2,1H3,(H,15,17). The van der Waals surface area contributed by atoms with Crippen molar-refractivity contribution in [1.29, 1.82) is 0 Å². The molecule has 1 aromatic heterocycles. The van der Waals surface area contributed by atoms with Gasteiger partial charge in [-0.15, -0.1) is 24.8 Å². The fourth-order valence-electron chi connectivity index (χ4n) is 1.36. The van der Waals surface area contributed by atoms with E-state index in [-0.39, 0.29) is 17.0 Å². The Morgan fingerprint density at radius 1 is 1.42 bits per heavy atom. The molecular formula is C10H9ClF3NO4. The molecule has 19 heavy (non-hydrogen) atoms. The highest BCUT2D eigenvalue weighted by atomic mass is 35.5. The van der Waals surface area contributed by atoms with Gasteiger partial charge in [-0.05, 0) is 0 Å². The quantitative estimate of drug-likeness (QED) is 0.679. The topological polar surface area (TPSA) is 68.4 Å². The molecule has 0 spiro atoms. The minimum absolute atomic E-state index is 0.172. The lowest BCUT2D eigenvalue weighted by molar-refractivity contribution is -0.275. The van der Waals surface area contributed by atoms with E-state index in [0.29, 0.717) is 0 Å². The lowest BCUT2D eigenvalue weighted by Gasteiger charge is -2.14.